The lowest BCUT2D eigenvalue weighted by molar-refractivity contribution is 0.288. The molecular weight excluding hydrogens is 294 g/mol. The Morgan fingerprint density at radius 2 is 1.87 bits per heavy atom. The molecule has 2 aromatic heterocycles. The molecule has 0 aliphatic heterocycles. The van der Waals surface area contributed by atoms with Crippen LogP contribution in [-0.2, 0) is 0 Å². The number of aryl methyl sites for hydroxylation is 1. The third kappa shape index (κ3) is 3.18. The predicted octanol–water partition coefficient (Wildman–Crippen LogP) is 2.97. The van der Waals surface area contributed by atoms with Gasteiger partial charge < -0.3 is 14.8 Å². The van der Waals surface area contributed by atoms with Crippen molar-refractivity contribution in [1.82, 2.24) is 19.6 Å². The van der Waals surface area contributed by atoms with Crippen LogP contribution in [0.15, 0.2) is 30.6 Å². The summed E-state index contributed by atoms with van der Waals surface area (Å²) in [6, 6.07) is 7.65. The molecule has 0 bridgehead atoms. The van der Waals surface area contributed by atoms with E-state index in [0.717, 1.165) is 22.9 Å². The van der Waals surface area contributed by atoms with E-state index in [1.807, 2.05) is 45.0 Å². The fraction of sp³-hybridized carbons (Fsp3) is 0.312. The highest BCUT2D eigenvalue weighted by atomic mass is 16.5. The van der Waals surface area contributed by atoms with Gasteiger partial charge in [0.2, 0.25) is 0 Å². The molecule has 0 spiro atoms. The average molecular weight is 313 g/mol. The molecule has 120 valence electrons. The Kier molecular flexibility index (Phi) is 4.27. The minimum Gasteiger partial charge on any atom is -0.490 e. The van der Waals surface area contributed by atoms with Crippen LogP contribution in [0.3, 0.4) is 0 Å². The molecule has 2 heterocycles. The van der Waals surface area contributed by atoms with Gasteiger partial charge in [-0.15, -0.1) is 0 Å². The van der Waals surface area contributed by atoms with Crippen LogP contribution < -0.4 is 14.8 Å². The summed E-state index contributed by atoms with van der Waals surface area (Å²) in [5.41, 5.74) is 1.74. The summed E-state index contributed by atoms with van der Waals surface area (Å²) >= 11 is 0. The second-order valence-corrected chi connectivity index (χ2v) is 4.91. The van der Waals surface area contributed by atoms with Crippen molar-refractivity contribution >= 4 is 17.3 Å². The highest BCUT2D eigenvalue weighted by molar-refractivity contribution is 5.62. The lowest BCUT2D eigenvalue weighted by Crippen LogP contribution is -2.04. The van der Waals surface area contributed by atoms with E-state index in [0.29, 0.717) is 24.7 Å². The number of nitrogens with one attached hydrogen (secondary N) is 1. The number of anilines is 2. The van der Waals surface area contributed by atoms with Gasteiger partial charge in [-0.1, -0.05) is 0 Å². The summed E-state index contributed by atoms with van der Waals surface area (Å²) in [4.78, 5) is 8.45. The molecule has 0 fully saturated rings. The standard InChI is InChI=1S/C16H19N5O2/c1-4-22-13-7-6-12(9-14(13)23-5-2)20-15-8-11(3)19-16-17-10-18-21(15)16/h6-10,20H,4-5H2,1-3H3. The van der Waals surface area contributed by atoms with Crippen molar-refractivity contribution in [2.75, 3.05) is 18.5 Å². The van der Waals surface area contributed by atoms with Crippen molar-refractivity contribution < 1.29 is 9.47 Å². The zero-order valence-corrected chi connectivity index (χ0v) is 13.4. The summed E-state index contributed by atoms with van der Waals surface area (Å²) in [5.74, 6) is 2.79. The SMILES string of the molecule is CCOc1ccc(Nc2cc(C)nc3ncnn23)cc1OCC. The van der Waals surface area contributed by atoms with E-state index in [2.05, 4.69) is 20.4 Å². The molecule has 3 rings (SSSR count). The van der Waals surface area contributed by atoms with E-state index in [-0.39, 0.29) is 0 Å². The molecule has 0 saturated heterocycles. The highest BCUT2D eigenvalue weighted by Crippen LogP contribution is 2.31. The van der Waals surface area contributed by atoms with Crippen LogP contribution in [0.4, 0.5) is 11.5 Å². The maximum Gasteiger partial charge on any atom is 0.254 e. The summed E-state index contributed by atoms with van der Waals surface area (Å²) < 4.78 is 12.9. The fourth-order valence-electron chi connectivity index (χ4n) is 2.30. The molecule has 0 amide bonds. The Morgan fingerprint density at radius 3 is 2.65 bits per heavy atom. The van der Waals surface area contributed by atoms with Crippen molar-refractivity contribution in [2.45, 2.75) is 20.8 Å². The number of rotatable bonds is 6. The highest BCUT2D eigenvalue weighted by Gasteiger charge is 2.09. The summed E-state index contributed by atoms with van der Waals surface area (Å²) in [6.07, 6.45) is 1.48. The van der Waals surface area contributed by atoms with Crippen LogP contribution in [-0.4, -0.2) is 32.8 Å². The van der Waals surface area contributed by atoms with Crippen molar-refractivity contribution in [1.29, 1.82) is 0 Å². The zero-order valence-electron chi connectivity index (χ0n) is 13.4. The lowest BCUT2D eigenvalue weighted by Gasteiger charge is -2.14. The van der Waals surface area contributed by atoms with Gasteiger partial charge in [-0.3, -0.25) is 0 Å². The van der Waals surface area contributed by atoms with Gasteiger partial charge in [0.1, 0.15) is 12.1 Å². The Balaban J connectivity index is 1.95. The van der Waals surface area contributed by atoms with E-state index in [1.54, 1.807) is 4.52 Å². The van der Waals surface area contributed by atoms with Gasteiger partial charge in [-0.2, -0.15) is 14.6 Å². The van der Waals surface area contributed by atoms with Gasteiger partial charge in [0.15, 0.2) is 11.5 Å². The maximum atomic E-state index is 5.65. The zero-order chi connectivity index (χ0) is 16.2. The summed E-state index contributed by atoms with van der Waals surface area (Å²) in [5, 5.41) is 7.51. The fourth-order valence-corrected chi connectivity index (χ4v) is 2.30. The van der Waals surface area contributed by atoms with E-state index >= 15 is 0 Å². The second-order valence-electron chi connectivity index (χ2n) is 4.91. The topological polar surface area (TPSA) is 73.6 Å². The first-order valence-electron chi connectivity index (χ1n) is 7.55. The molecule has 0 atom stereocenters. The second kappa shape index (κ2) is 6.51. The van der Waals surface area contributed by atoms with Gasteiger partial charge >= 0.3 is 0 Å². The van der Waals surface area contributed by atoms with Gasteiger partial charge in [0.05, 0.1) is 13.2 Å². The average Bonchev–Trinajstić information content (AvgIpc) is 2.98. The monoisotopic (exact) mass is 313 g/mol. The Morgan fingerprint density at radius 1 is 1.09 bits per heavy atom. The number of hydrogen-bond donors (Lipinski definition) is 1. The van der Waals surface area contributed by atoms with E-state index in [1.165, 1.54) is 6.33 Å². The van der Waals surface area contributed by atoms with Crippen LogP contribution in [0.25, 0.3) is 5.78 Å². The summed E-state index contributed by atoms with van der Waals surface area (Å²) in [7, 11) is 0. The number of fused-ring (bicyclic) bond motifs is 1. The molecule has 1 N–H and O–H groups in total. The van der Waals surface area contributed by atoms with E-state index in [9.17, 15) is 0 Å². The normalized spacial score (nSPS) is 10.7. The molecule has 0 aliphatic carbocycles. The molecule has 0 saturated carbocycles. The van der Waals surface area contributed by atoms with Crippen molar-refractivity contribution in [3.8, 4) is 11.5 Å². The largest absolute Gasteiger partial charge is 0.490 e. The molecule has 0 unspecified atom stereocenters. The minimum atomic E-state index is 0.559. The summed E-state index contributed by atoms with van der Waals surface area (Å²) in [6.45, 7) is 6.98. The van der Waals surface area contributed by atoms with Gasteiger partial charge in [-0.05, 0) is 32.9 Å². The van der Waals surface area contributed by atoms with Crippen LogP contribution in [0, 0.1) is 6.92 Å². The maximum absolute atomic E-state index is 5.65. The number of nitrogens with zero attached hydrogens (tertiary/aromatic N) is 4. The Labute approximate surface area is 134 Å². The minimum absolute atomic E-state index is 0.559. The quantitative estimate of drug-likeness (QED) is 0.754. The third-order valence-electron chi connectivity index (χ3n) is 3.20. The first-order chi connectivity index (χ1) is 11.2. The van der Waals surface area contributed by atoms with Crippen LogP contribution in [0.1, 0.15) is 19.5 Å². The lowest BCUT2D eigenvalue weighted by atomic mass is 10.2. The Hall–Kier alpha value is -2.83. The number of benzene rings is 1. The first-order valence-corrected chi connectivity index (χ1v) is 7.55. The van der Waals surface area contributed by atoms with Gasteiger partial charge in [0, 0.05) is 23.5 Å². The molecule has 23 heavy (non-hydrogen) atoms. The molecule has 0 radical (unpaired) electrons. The van der Waals surface area contributed by atoms with Crippen LogP contribution in [0.2, 0.25) is 0 Å². The molecule has 3 aromatic rings. The van der Waals surface area contributed by atoms with Crippen molar-refractivity contribution in [3.63, 3.8) is 0 Å². The smallest absolute Gasteiger partial charge is 0.254 e. The van der Waals surface area contributed by atoms with E-state index in [4.69, 9.17) is 9.47 Å². The molecule has 0 aliphatic rings. The third-order valence-corrected chi connectivity index (χ3v) is 3.20. The number of ether oxygens (including phenoxy) is 2. The number of aromatic nitrogens is 4. The molecule has 7 nitrogen and oxygen atoms in total. The molecule has 1 aromatic carbocycles. The first kappa shape index (κ1) is 15.1. The van der Waals surface area contributed by atoms with Crippen LogP contribution >= 0.6 is 0 Å². The van der Waals surface area contributed by atoms with Gasteiger partial charge in [0.25, 0.3) is 5.78 Å². The predicted molar refractivity (Wildman–Crippen MR) is 87.6 cm³/mol. The van der Waals surface area contributed by atoms with Crippen molar-refractivity contribution in [2.24, 2.45) is 0 Å². The van der Waals surface area contributed by atoms with Crippen molar-refractivity contribution in [3.05, 3.63) is 36.3 Å². The number of hydrogen-bond acceptors (Lipinski definition) is 6. The van der Waals surface area contributed by atoms with Crippen LogP contribution in [0.5, 0.6) is 11.5 Å². The molecule has 7 heteroatoms. The van der Waals surface area contributed by atoms with E-state index < -0.39 is 0 Å². The van der Waals surface area contributed by atoms with Gasteiger partial charge in [-0.25, -0.2) is 4.98 Å². The Bertz CT molecular complexity index is 815. The molecular formula is C16H19N5O2.